The molecule has 2 aromatic carbocycles. The van der Waals surface area contributed by atoms with Crippen LogP contribution in [0.15, 0.2) is 69.0 Å². The zero-order chi connectivity index (χ0) is 24.2. The number of hydrogen-bond acceptors (Lipinski definition) is 7. The van der Waals surface area contributed by atoms with Gasteiger partial charge in [-0.1, -0.05) is 79.6 Å². The molecule has 2 aromatic heterocycles. The summed E-state index contributed by atoms with van der Waals surface area (Å²) in [6.07, 6.45) is 5.73. The van der Waals surface area contributed by atoms with Gasteiger partial charge in [-0.15, -0.1) is 10.2 Å². The van der Waals surface area contributed by atoms with Crippen LogP contribution in [0.25, 0.3) is 22.4 Å². The summed E-state index contributed by atoms with van der Waals surface area (Å²) in [6, 6.07) is 17.3. The van der Waals surface area contributed by atoms with Crippen LogP contribution in [0, 0.1) is 0 Å². The number of carbonyl (C=O) groups excluding carboxylic acids is 1. The van der Waals surface area contributed by atoms with Crippen molar-refractivity contribution in [1.82, 2.24) is 24.9 Å². The summed E-state index contributed by atoms with van der Waals surface area (Å²) in [6.45, 7) is 0.329. The summed E-state index contributed by atoms with van der Waals surface area (Å²) >= 11 is 1.22. The highest BCUT2D eigenvalue weighted by atomic mass is 32.2. The lowest BCUT2D eigenvalue weighted by Gasteiger charge is -2.31. The van der Waals surface area contributed by atoms with Gasteiger partial charge in [-0.2, -0.15) is 5.10 Å². The molecule has 8 nitrogen and oxygen atoms in total. The van der Waals surface area contributed by atoms with Gasteiger partial charge in [-0.05, 0) is 24.5 Å². The van der Waals surface area contributed by atoms with Crippen molar-refractivity contribution in [2.45, 2.75) is 49.9 Å². The van der Waals surface area contributed by atoms with Crippen molar-refractivity contribution < 1.29 is 9.21 Å². The molecule has 0 N–H and O–H groups in total. The van der Waals surface area contributed by atoms with Gasteiger partial charge in [0, 0.05) is 18.5 Å². The molecule has 35 heavy (non-hydrogen) atoms. The standard InChI is InChI=1S/C26H27N5O3S/c1-30(19-12-6-3-7-13-19)22(32)17-35-26-28-27-24(34-26)23-20-14-8-9-15-21(20)25(33)31(29-23)16-18-10-4-2-5-11-18/h2,4-5,8-11,14-15,19H,3,6-7,12-13,16-17H2,1H3. The summed E-state index contributed by atoms with van der Waals surface area (Å²) in [4.78, 5) is 27.6. The maximum absolute atomic E-state index is 13.1. The molecule has 9 heteroatoms. The molecule has 0 saturated heterocycles. The van der Waals surface area contributed by atoms with Crippen molar-refractivity contribution in [2.75, 3.05) is 12.8 Å². The lowest BCUT2D eigenvalue weighted by atomic mass is 9.94. The van der Waals surface area contributed by atoms with Gasteiger partial charge in [0.25, 0.3) is 16.7 Å². The minimum Gasteiger partial charge on any atom is -0.409 e. The molecule has 0 atom stereocenters. The van der Waals surface area contributed by atoms with E-state index in [1.807, 2.05) is 60.5 Å². The Morgan fingerprint density at radius 1 is 1.03 bits per heavy atom. The Hall–Kier alpha value is -3.46. The first kappa shape index (κ1) is 23.3. The summed E-state index contributed by atoms with van der Waals surface area (Å²) in [7, 11) is 1.88. The van der Waals surface area contributed by atoms with Crippen molar-refractivity contribution >= 4 is 28.4 Å². The maximum Gasteiger partial charge on any atom is 0.277 e. The van der Waals surface area contributed by atoms with E-state index in [1.165, 1.54) is 35.7 Å². The molecular formula is C26H27N5O3S. The van der Waals surface area contributed by atoms with Gasteiger partial charge in [0.15, 0.2) is 5.69 Å². The number of thioether (sulfide) groups is 1. The largest absolute Gasteiger partial charge is 0.409 e. The van der Waals surface area contributed by atoms with Crippen LogP contribution >= 0.6 is 11.8 Å². The van der Waals surface area contributed by atoms with Crippen LogP contribution in [-0.4, -0.2) is 49.6 Å². The lowest BCUT2D eigenvalue weighted by Crippen LogP contribution is -2.39. The molecule has 2 heterocycles. The number of rotatable bonds is 7. The van der Waals surface area contributed by atoms with E-state index >= 15 is 0 Å². The fourth-order valence-electron chi connectivity index (χ4n) is 4.52. The molecular weight excluding hydrogens is 462 g/mol. The number of carbonyl (C=O) groups is 1. The fraction of sp³-hybridized carbons (Fsp3) is 0.346. The smallest absolute Gasteiger partial charge is 0.277 e. The van der Waals surface area contributed by atoms with Crippen LogP contribution in [-0.2, 0) is 11.3 Å². The SMILES string of the molecule is CN(C(=O)CSc1nnc(-c2nn(Cc3ccccc3)c(=O)c3ccccc23)o1)C1CCCCC1. The quantitative estimate of drug-likeness (QED) is 0.356. The highest BCUT2D eigenvalue weighted by Crippen LogP contribution is 2.27. The fourth-order valence-corrected chi connectivity index (χ4v) is 5.20. The Morgan fingerprint density at radius 2 is 1.74 bits per heavy atom. The molecule has 0 unspecified atom stereocenters. The topological polar surface area (TPSA) is 94.1 Å². The van der Waals surface area contributed by atoms with Crippen molar-refractivity contribution in [1.29, 1.82) is 0 Å². The molecule has 0 bridgehead atoms. The third-order valence-electron chi connectivity index (χ3n) is 6.49. The summed E-state index contributed by atoms with van der Waals surface area (Å²) < 4.78 is 7.31. The van der Waals surface area contributed by atoms with Gasteiger partial charge in [0.2, 0.25) is 5.91 Å². The van der Waals surface area contributed by atoms with Crippen LogP contribution in [0.1, 0.15) is 37.7 Å². The highest BCUT2D eigenvalue weighted by molar-refractivity contribution is 7.99. The van der Waals surface area contributed by atoms with E-state index in [2.05, 4.69) is 15.3 Å². The highest BCUT2D eigenvalue weighted by Gasteiger charge is 2.23. The molecule has 4 aromatic rings. The normalized spacial score (nSPS) is 14.3. The molecule has 1 saturated carbocycles. The predicted octanol–water partition coefficient (Wildman–Crippen LogP) is 4.38. The summed E-state index contributed by atoms with van der Waals surface area (Å²) in [5.74, 6) is 0.510. The second kappa shape index (κ2) is 10.4. The van der Waals surface area contributed by atoms with Gasteiger partial charge < -0.3 is 9.32 Å². The Balaban J connectivity index is 1.38. The van der Waals surface area contributed by atoms with E-state index in [-0.39, 0.29) is 23.1 Å². The first-order chi connectivity index (χ1) is 17.1. The minimum atomic E-state index is -0.182. The van der Waals surface area contributed by atoms with Crippen molar-refractivity contribution in [3.63, 3.8) is 0 Å². The summed E-state index contributed by atoms with van der Waals surface area (Å²) in [5.41, 5.74) is 1.23. The first-order valence-corrected chi connectivity index (χ1v) is 12.8. The van der Waals surface area contributed by atoms with Gasteiger partial charge in [-0.3, -0.25) is 9.59 Å². The molecule has 0 aliphatic heterocycles. The lowest BCUT2D eigenvalue weighted by molar-refractivity contribution is -0.129. The van der Waals surface area contributed by atoms with E-state index in [0.29, 0.717) is 34.3 Å². The van der Waals surface area contributed by atoms with Gasteiger partial charge in [0.1, 0.15) is 0 Å². The molecule has 180 valence electrons. The minimum absolute atomic E-state index is 0.0571. The third kappa shape index (κ3) is 5.14. The van der Waals surface area contributed by atoms with E-state index in [1.54, 1.807) is 6.07 Å². The molecule has 5 rings (SSSR count). The number of aromatic nitrogens is 4. The van der Waals surface area contributed by atoms with Gasteiger partial charge in [0.05, 0.1) is 17.7 Å². The Morgan fingerprint density at radius 3 is 2.51 bits per heavy atom. The maximum atomic E-state index is 13.1. The molecule has 0 spiro atoms. The Labute approximate surface area is 207 Å². The van der Waals surface area contributed by atoms with E-state index < -0.39 is 0 Å². The van der Waals surface area contributed by atoms with Gasteiger partial charge >= 0.3 is 0 Å². The third-order valence-corrected chi connectivity index (χ3v) is 7.29. The number of fused-ring (bicyclic) bond motifs is 1. The monoisotopic (exact) mass is 489 g/mol. The van der Waals surface area contributed by atoms with Crippen molar-refractivity contribution in [2.24, 2.45) is 0 Å². The average molecular weight is 490 g/mol. The zero-order valence-corrected chi connectivity index (χ0v) is 20.4. The predicted molar refractivity (Wildman–Crippen MR) is 135 cm³/mol. The van der Waals surface area contributed by atoms with Gasteiger partial charge in [-0.25, -0.2) is 4.68 Å². The second-order valence-corrected chi connectivity index (χ2v) is 9.73. The first-order valence-electron chi connectivity index (χ1n) is 11.9. The number of benzene rings is 2. The van der Waals surface area contributed by atoms with Crippen LogP contribution in [0.3, 0.4) is 0 Å². The summed E-state index contributed by atoms with van der Waals surface area (Å²) in [5, 5.41) is 14.4. The second-order valence-electron chi connectivity index (χ2n) is 8.80. The molecule has 1 amide bonds. The van der Waals surface area contributed by atoms with E-state index in [9.17, 15) is 9.59 Å². The van der Waals surface area contributed by atoms with Crippen molar-refractivity contribution in [3.05, 3.63) is 70.5 Å². The molecule has 1 aliphatic rings. The molecule has 1 aliphatic carbocycles. The molecule has 1 fully saturated rings. The van der Waals surface area contributed by atoms with Crippen LogP contribution in [0.5, 0.6) is 0 Å². The van der Waals surface area contributed by atoms with Crippen LogP contribution in [0.2, 0.25) is 0 Å². The van der Waals surface area contributed by atoms with Crippen molar-refractivity contribution in [3.8, 4) is 11.6 Å². The number of nitrogens with zero attached hydrogens (tertiary/aromatic N) is 5. The van der Waals surface area contributed by atoms with Crippen LogP contribution in [0.4, 0.5) is 0 Å². The number of amides is 1. The van der Waals surface area contributed by atoms with E-state index in [4.69, 9.17) is 4.42 Å². The van der Waals surface area contributed by atoms with Crippen LogP contribution < -0.4 is 5.56 Å². The molecule has 0 radical (unpaired) electrons. The zero-order valence-electron chi connectivity index (χ0n) is 19.6. The average Bonchev–Trinajstić information content (AvgIpc) is 3.38. The number of hydrogen-bond donors (Lipinski definition) is 0. The Bertz CT molecular complexity index is 1380. The van der Waals surface area contributed by atoms with E-state index in [0.717, 1.165) is 18.4 Å². The Kier molecular flexibility index (Phi) is 6.94.